The Bertz CT molecular complexity index is 364. The number of hydrogen-bond acceptors (Lipinski definition) is 6. The van der Waals surface area contributed by atoms with Gasteiger partial charge in [-0.25, -0.2) is 0 Å². The molecule has 0 saturated carbocycles. The van der Waals surface area contributed by atoms with E-state index in [0.717, 1.165) is 12.8 Å². The van der Waals surface area contributed by atoms with Gasteiger partial charge in [-0.3, -0.25) is 4.90 Å². The van der Waals surface area contributed by atoms with Crippen molar-refractivity contribution in [3.8, 4) is 0 Å². The van der Waals surface area contributed by atoms with Gasteiger partial charge < -0.3 is 25.4 Å². The van der Waals surface area contributed by atoms with Gasteiger partial charge in [-0.05, 0) is 19.3 Å². The van der Waals surface area contributed by atoms with Crippen molar-refractivity contribution < 1.29 is 39.0 Å². The van der Waals surface area contributed by atoms with E-state index < -0.39 is 18.2 Å². The van der Waals surface area contributed by atoms with Crippen LogP contribution >= 0.6 is 0 Å². The number of allylic oxidation sites excluding steroid dienone is 2. The minimum absolute atomic E-state index is 0. The quantitative estimate of drug-likeness (QED) is 0.175. The van der Waals surface area contributed by atoms with Gasteiger partial charge >= 0.3 is 18.9 Å². The Morgan fingerprint density at radius 2 is 1.71 bits per heavy atom. The Balaban J connectivity index is 0. The van der Waals surface area contributed by atoms with Crippen LogP contribution in [-0.2, 0) is 4.79 Å². The largest absolute Gasteiger partial charge is 1.00 e. The molecule has 24 heavy (non-hydrogen) atoms. The topological polar surface area (TPSA) is 95.9 Å². The Morgan fingerprint density at radius 3 is 2.25 bits per heavy atom. The van der Waals surface area contributed by atoms with Crippen LogP contribution in [0.15, 0.2) is 24.3 Å². The molecule has 6 nitrogen and oxygen atoms in total. The van der Waals surface area contributed by atoms with Crippen LogP contribution in [0.5, 0.6) is 0 Å². The monoisotopic (exact) mass is 334 g/mol. The summed E-state index contributed by atoms with van der Waals surface area (Å²) in [5.74, 6) is -1.10. The smallest absolute Gasteiger partial charge is 0.550 e. The van der Waals surface area contributed by atoms with E-state index in [1.807, 2.05) is 30.9 Å². The number of rotatable bonds is 14. The number of carbonyl (C=O) groups excluding carboxylic acids is 1. The standard InChI is InChI=1S/C17H32N2O4.Li/c1-3-5-7-15(20)13-18-10-12-19(11-9-17(22)23)14-16(21)8-6-4-2;/h5-8,15-16,18,20-21H,3-4,9-14H2,1-2H3,(H,22,23);/q;+1/p-1/b7-5+,8-6+;. The molecule has 7 heteroatoms. The number of nitrogens with one attached hydrogen (secondary N) is 1. The third kappa shape index (κ3) is 16.3. The molecule has 0 heterocycles. The summed E-state index contributed by atoms with van der Waals surface area (Å²) >= 11 is 0. The second kappa shape index (κ2) is 17.2. The summed E-state index contributed by atoms with van der Waals surface area (Å²) in [4.78, 5) is 12.5. The van der Waals surface area contributed by atoms with Crippen LogP contribution in [0, 0.1) is 0 Å². The molecule has 0 rings (SSSR count). The minimum atomic E-state index is -1.10. The number of aliphatic hydroxyl groups is 2. The van der Waals surface area contributed by atoms with Gasteiger partial charge in [-0.2, -0.15) is 0 Å². The summed E-state index contributed by atoms with van der Waals surface area (Å²) in [7, 11) is 0. The van der Waals surface area contributed by atoms with Crippen molar-refractivity contribution in [1.29, 1.82) is 0 Å². The number of hydrogen-bond donors (Lipinski definition) is 3. The molecule has 0 bridgehead atoms. The first-order valence-corrected chi connectivity index (χ1v) is 8.31. The van der Waals surface area contributed by atoms with Crippen LogP contribution in [-0.4, -0.2) is 66.0 Å². The van der Waals surface area contributed by atoms with Crippen molar-refractivity contribution in [3.63, 3.8) is 0 Å². The first-order chi connectivity index (χ1) is 11.0. The van der Waals surface area contributed by atoms with Crippen LogP contribution in [0.2, 0.25) is 0 Å². The maximum atomic E-state index is 10.6. The molecule has 0 aliphatic carbocycles. The fourth-order valence-electron chi connectivity index (χ4n) is 2.01. The third-order valence-corrected chi connectivity index (χ3v) is 3.22. The van der Waals surface area contributed by atoms with Gasteiger partial charge in [-0.15, -0.1) is 0 Å². The number of carbonyl (C=O) groups is 1. The summed E-state index contributed by atoms with van der Waals surface area (Å²) < 4.78 is 0. The zero-order valence-corrected chi connectivity index (χ0v) is 15.3. The summed E-state index contributed by atoms with van der Waals surface area (Å²) in [5.41, 5.74) is 0. The van der Waals surface area contributed by atoms with E-state index in [1.165, 1.54) is 0 Å². The Hall–Kier alpha value is -0.613. The molecule has 2 unspecified atom stereocenters. The average molecular weight is 334 g/mol. The van der Waals surface area contributed by atoms with E-state index in [4.69, 9.17) is 0 Å². The van der Waals surface area contributed by atoms with Gasteiger partial charge in [-0.1, -0.05) is 38.2 Å². The van der Waals surface area contributed by atoms with E-state index in [9.17, 15) is 20.1 Å². The van der Waals surface area contributed by atoms with E-state index in [2.05, 4.69) is 5.32 Å². The SMILES string of the molecule is CC/C=C/C(O)CNCCN(CCC(=O)[O-])CC(O)/C=C/CC.[Li+]. The summed E-state index contributed by atoms with van der Waals surface area (Å²) in [5, 5.41) is 33.3. The molecular weight excluding hydrogens is 303 g/mol. The molecule has 0 aromatic heterocycles. The Labute approximate surface area is 157 Å². The summed E-state index contributed by atoms with van der Waals surface area (Å²) in [6.45, 7) is 6.35. The molecule has 134 valence electrons. The van der Waals surface area contributed by atoms with Crippen molar-refractivity contribution in [2.45, 2.75) is 45.3 Å². The molecule has 2 atom stereocenters. The predicted molar refractivity (Wildman–Crippen MR) is 89.8 cm³/mol. The average Bonchev–Trinajstić information content (AvgIpc) is 2.52. The molecule has 0 fully saturated rings. The van der Waals surface area contributed by atoms with Gasteiger partial charge in [0.2, 0.25) is 0 Å². The number of aliphatic carboxylic acids is 1. The van der Waals surface area contributed by atoms with E-state index in [0.29, 0.717) is 32.7 Å². The number of aliphatic hydroxyl groups excluding tert-OH is 2. The van der Waals surface area contributed by atoms with E-state index in [-0.39, 0.29) is 25.3 Å². The number of carboxylic acids is 1. The molecular formula is C17H31LiN2O4. The minimum Gasteiger partial charge on any atom is -0.550 e. The normalized spacial score (nSPS) is 14.2. The van der Waals surface area contributed by atoms with Crippen LogP contribution in [0.1, 0.15) is 33.1 Å². The molecule has 0 aromatic carbocycles. The van der Waals surface area contributed by atoms with Gasteiger partial charge in [0.1, 0.15) is 0 Å². The second-order valence-electron chi connectivity index (χ2n) is 5.43. The summed E-state index contributed by atoms with van der Waals surface area (Å²) in [6, 6.07) is 0. The van der Waals surface area contributed by atoms with Crippen LogP contribution < -0.4 is 29.3 Å². The molecule has 0 spiro atoms. The first-order valence-electron chi connectivity index (χ1n) is 8.31. The molecule has 0 saturated heterocycles. The van der Waals surface area contributed by atoms with Crippen molar-refractivity contribution in [1.82, 2.24) is 10.2 Å². The van der Waals surface area contributed by atoms with Crippen LogP contribution in [0.4, 0.5) is 0 Å². The van der Waals surface area contributed by atoms with Crippen LogP contribution in [0.25, 0.3) is 0 Å². The third-order valence-electron chi connectivity index (χ3n) is 3.22. The van der Waals surface area contributed by atoms with Crippen molar-refractivity contribution in [2.24, 2.45) is 0 Å². The fourth-order valence-corrected chi connectivity index (χ4v) is 2.01. The Kier molecular flexibility index (Phi) is 18.4. The second-order valence-corrected chi connectivity index (χ2v) is 5.43. The van der Waals surface area contributed by atoms with Gasteiger partial charge in [0.15, 0.2) is 0 Å². The molecule has 0 amide bonds. The molecule has 0 radical (unpaired) electrons. The van der Waals surface area contributed by atoms with E-state index >= 15 is 0 Å². The van der Waals surface area contributed by atoms with Crippen molar-refractivity contribution in [3.05, 3.63) is 24.3 Å². The van der Waals surface area contributed by atoms with Gasteiger partial charge in [0.05, 0.1) is 12.2 Å². The van der Waals surface area contributed by atoms with Gasteiger partial charge in [0, 0.05) is 38.7 Å². The molecule has 3 N–H and O–H groups in total. The fraction of sp³-hybridized carbons (Fsp3) is 0.706. The summed E-state index contributed by atoms with van der Waals surface area (Å²) in [6.07, 6.45) is 7.80. The maximum absolute atomic E-state index is 10.6. The molecule has 0 aliphatic heterocycles. The number of carboxylic acid groups (broad SMARTS) is 1. The molecule has 0 aliphatic rings. The maximum Gasteiger partial charge on any atom is 1.00 e. The zero-order valence-electron chi connectivity index (χ0n) is 15.3. The zero-order chi connectivity index (χ0) is 17.5. The number of nitrogens with zero attached hydrogens (tertiary/aromatic N) is 1. The Morgan fingerprint density at radius 1 is 1.12 bits per heavy atom. The van der Waals surface area contributed by atoms with Crippen LogP contribution in [0.3, 0.4) is 0 Å². The van der Waals surface area contributed by atoms with Crippen molar-refractivity contribution in [2.75, 3.05) is 32.7 Å². The predicted octanol–water partition coefficient (Wildman–Crippen LogP) is -3.32. The van der Waals surface area contributed by atoms with E-state index in [1.54, 1.807) is 12.2 Å². The molecule has 0 aromatic rings. The first kappa shape index (κ1) is 25.6. The van der Waals surface area contributed by atoms with Gasteiger partial charge in [0.25, 0.3) is 0 Å². The van der Waals surface area contributed by atoms with Crippen molar-refractivity contribution >= 4 is 5.97 Å².